The van der Waals surface area contributed by atoms with Crippen LogP contribution in [0.2, 0.25) is 0 Å². The molecule has 1 fully saturated rings. The van der Waals surface area contributed by atoms with E-state index in [2.05, 4.69) is 10.3 Å². The number of rotatable bonds is 7. The smallest absolute Gasteiger partial charge is 0.326 e. The molecule has 0 unspecified atom stereocenters. The van der Waals surface area contributed by atoms with Gasteiger partial charge in [-0.25, -0.2) is 4.79 Å². The molecular formula is C16H22N2O4. The fourth-order valence-corrected chi connectivity index (χ4v) is 2.68. The van der Waals surface area contributed by atoms with E-state index in [1.54, 1.807) is 18.5 Å². The maximum atomic E-state index is 12.4. The zero-order valence-corrected chi connectivity index (χ0v) is 12.7. The highest BCUT2D eigenvalue weighted by atomic mass is 16.5. The Balaban J connectivity index is 2.02. The monoisotopic (exact) mass is 306 g/mol. The van der Waals surface area contributed by atoms with Crippen LogP contribution >= 0.6 is 0 Å². The van der Waals surface area contributed by atoms with Crippen molar-refractivity contribution in [2.75, 3.05) is 6.61 Å². The van der Waals surface area contributed by atoms with E-state index in [0.29, 0.717) is 19.4 Å². The second-order valence-corrected chi connectivity index (χ2v) is 5.51. The van der Waals surface area contributed by atoms with Gasteiger partial charge in [0.25, 0.3) is 0 Å². The minimum Gasteiger partial charge on any atom is -0.480 e. The van der Waals surface area contributed by atoms with Crippen LogP contribution in [0.4, 0.5) is 0 Å². The molecule has 6 heteroatoms. The first-order valence-corrected chi connectivity index (χ1v) is 7.68. The topological polar surface area (TPSA) is 88.5 Å². The van der Waals surface area contributed by atoms with Gasteiger partial charge in [0.05, 0.1) is 12.0 Å². The molecule has 0 bridgehead atoms. The van der Waals surface area contributed by atoms with Gasteiger partial charge in [-0.05, 0) is 24.5 Å². The van der Waals surface area contributed by atoms with Gasteiger partial charge >= 0.3 is 5.97 Å². The molecule has 1 aromatic rings. The van der Waals surface area contributed by atoms with Crippen molar-refractivity contribution in [3.8, 4) is 0 Å². The molecular weight excluding hydrogens is 284 g/mol. The molecule has 1 saturated heterocycles. The van der Waals surface area contributed by atoms with Gasteiger partial charge in [0.2, 0.25) is 5.91 Å². The molecule has 1 amide bonds. The van der Waals surface area contributed by atoms with Gasteiger partial charge in [0.1, 0.15) is 6.04 Å². The summed E-state index contributed by atoms with van der Waals surface area (Å²) in [6.45, 7) is 2.48. The second kappa shape index (κ2) is 7.89. The fourth-order valence-electron chi connectivity index (χ4n) is 2.68. The van der Waals surface area contributed by atoms with Crippen molar-refractivity contribution >= 4 is 11.9 Å². The standard InChI is InChI=1S/C16H22N2O4/c1-2-3-6-13(16(20)21)18-15(19)12-7-9-22-14(12)11-5-4-8-17-10-11/h4-5,8,10,12-14H,2-3,6-7,9H2,1H3,(H,18,19)(H,20,21)/t12-,13-,14+/m0/s1. The maximum absolute atomic E-state index is 12.4. The molecule has 6 nitrogen and oxygen atoms in total. The van der Waals surface area contributed by atoms with E-state index in [-0.39, 0.29) is 17.9 Å². The van der Waals surface area contributed by atoms with Gasteiger partial charge < -0.3 is 15.2 Å². The van der Waals surface area contributed by atoms with E-state index in [1.807, 2.05) is 13.0 Å². The number of aromatic nitrogens is 1. The first-order chi connectivity index (χ1) is 10.6. The number of pyridine rings is 1. The van der Waals surface area contributed by atoms with Crippen LogP contribution in [0, 0.1) is 5.92 Å². The summed E-state index contributed by atoms with van der Waals surface area (Å²) in [6.07, 6.45) is 5.69. The van der Waals surface area contributed by atoms with Crippen LogP contribution in [0.25, 0.3) is 0 Å². The van der Waals surface area contributed by atoms with Gasteiger partial charge in [0.15, 0.2) is 0 Å². The van der Waals surface area contributed by atoms with Gasteiger partial charge in [-0.2, -0.15) is 0 Å². The summed E-state index contributed by atoms with van der Waals surface area (Å²) < 4.78 is 5.65. The summed E-state index contributed by atoms with van der Waals surface area (Å²) >= 11 is 0. The Morgan fingerprint density at radius 3 is 3.00 bits per heavy atom. The lowest BCUT2D eigenvalue weighted by molar-refractivity contribution is -0.143. The number of nitrogens with zero attached hydrogens (tertiary/aromatic N) is 1. The molecule has 1 aliphatic heterocycles. The first kappa shape index (κ1) is 16.4. The summed E-state index contributed by atoms with van der Waals surface area (Å²) in [5, 5.41) is 11.9. The Bertz CT molecular complexity index is 506. The van der Waals surface area contributed by atoms with Crippen LogP contribution in [0.5, 0.6) is 0 Å². The van der Waals surface area contributed by atoms with Crippen molar-refractivity contribution in [2.45, 2.75) is 44.8 Å². The number of carboxylic acid groups (broad SMARTS) is 1. The van der Waals surface area contributed by atoms with Crippen molar-refractivity contribution in [1.82, 2.24) is 10.3 Å². The third-order valence-electron chi connectivity index (χ3n) is 3.90. The number of aliphatic carboxylic acids is 1. The Labute approximate surface area is 129 Å². The summed E-state index contributed by atoms with van der Waals surface area (Å²) in [6, 6.07) is 2.84. The molecule has 1 aromatic heterocycles. The van der Waals surface area contributed by atoms with E-state index in [4.69, 9.17) is 4.74 Å². The quantitative estimate of drug-likeness (QED) is 0.803. The minimum atomic E-state index is -0.987. The summed E-state index contributed by atoms with van der Waals surface area (Å²) in [4.78, 5) is 27.7. The highest BCUT2D eigenvalue weighted by Crippen LogP contribution is 2.34. The van der Waals surface area contributed by atoms with Crippen molar-refractivity contribution in [2.24, 2.45) is 5.92 Å². The largest absolute Gasteiger partial charge is 0.480 e. The average molecular weight is 306 g/mol. The Kier molecular flexibility index (Phi) is 5.89. The zero-order chi connectivity index (χ0) is 15.9. The number of amides is 1. The van der Waals surface area contributed by atoms with Crippen LogP contribution < -0.4 is 5.32 Å². The lowest BCUT2D eigenvalue weighted by atomic mass is 9.95. The van der Waals surface area contributed by atoms with E-state index in [1.165, 1.54) is 0 Å². The lowest BCUT2D eigenvalue weighted by Gasteiger charge is -2.21. The van der Waals surface area contributed by atoms with Crippen molar-refractivity contribution in [1.29, 1.82) is 0 Å². The highest BCUT2D eigenvalue weighted by molar-refractivity contribution is 5.85. The van der Waals surface area contributed by atoms with Crippen LogP contribution in [-0.2, 0) is 14.3 Å². The number of carboxylic acids is 1. The maximum Gasteiger partial charge on any atom is 0.326 e. The fraction of sp³-hybridized carbons (Fsp3) is 0.562. The molecule has 120 valence electrons. The molecule has 2 heterocycles. The van der Waals surface area contributed by atoms with Crippen LogP contribution in [-0.4, -0.2) is 34.6 Å². The van der Waals surface area contributed by atoms with Crippen LogP contribution in [0.1, 0.15) is 44.3 Å². The SMILES string of the molecule is CCCC[C@H](NC(=O)[C@H]1CCO[C@@H]1c1cccnc1)C(=O)O. The van der Waals surface area contributed by atoms with Crippen molar-refractivity contribution < 1.29 is 19.4 Å². The molecule has 3 atom stereocenters. The zero-order valence-electron chi connectivity index (χ0n) is 12.7. The molecule has 0 aliphatic carbocycles. The summed E-state index contributed by atoms with van der Waals surface area (Å²) in [5.41, 5.74) is 0.848. The molecule has 0 radical (unpaired) electrons. The first-order valence-electron chi connectivity index (χ1n) is 7.68. The van der Waals surface area contributed by atoms with Gasteiger partial charge in [-0.15, -0.1) is 0 Å². The van der Waals surface area contributed by atoms with Gasteiger partial charge in [-0.3, -0.25) is 9.78 Å². The molecule has 0 spiro atoms. The third-order valence-corrected chi connectivity index (χ3v) is 3.90. The molecule has 1 aliphatic rings. The Morgan fingerprint density at radius 2 is 2.36 bits per heavy atom. The number of hydrogen-bond donors (Lipinski definition) is 2. The van der Waals surface area contributed by atoms with E-state index < -0.39 is 12.0 Å². The second-order valence-electron chi connectivity index (χ2n) is 5.51. The number of carbonyl (C=O) groups is 2. The molecule has 0 saturated carbocycles. The predicted octanol–water partition coefficient (Wildman–Crippen LogP) is 1.92. The van der Waals surface area contributed by atoms with Crippen LogP contribution in [0.15, 0.2) is 24.5 Å². The third kappa shape index (κ3) is 4.04. The molecule has 0 aromatic carbocycles. The predicted molar refractivity (Wildman–Crippen MR) is 80.1 cm³/mol. The van der Waals surface area contributed by atoms with Crippen molar-refractivity contribution in [3.63, 3.8) is 0 Å². The normalized spacial score (nSPS) is 22.2. The minimum absolute atomic E-state index is 0.255. The summed E-state index contributed by atoms with van der Waals surface area (Å²) in [5.74, 6) is -1.61. The summed E-state index contributed by atoms with van der Waals surface area (Å²) in [7, 11) is 0. The van der Waals surface area contributed by atoms with E-state index in [0.717, 1.165) is 18.4 Å². The van der Waals surface area contributed by atoms with Gasteiger partial charge in [-0.1, -0.05) is 25.8 Å². The molecule has 22 heavy (non-hydrogen) atoms. The van der Waals surface area contributed by atoms with Gasteiger partial charge in [0, 0.05) is 19.0 Å². The Morgan fingerprint density at radius 1 is 1.55 bits per heavy atom. The molecule has 2 N–H and O–H groups in total. The number of carbonyl (C=O) groups excluding carboxylic acids is 1. The number of unbranched alkanes of at least 4 members (excludes halogenated alkanes) is 1. The lowest BCUT2D eigenvalue weighted by Crippen LogP contribution is -2.44. The number of nitrogens with one attached hydrogen (secondary N) is 1. The highest BCUT2D eigenvalue weighted by Gasteiger charge is 2.36. The number of hydrogen-bond acceptors (Lipinski definition) is 4. The molecule has 2 rings (SSSR count). The van der Waals surface area contributed by atoms with Crippen LogP contribution in [0.3, 0.4) is 0 Å². The Hall–Kier alpha value is -1.95. The average Bonchev–Trinajstić information content (AvgIpc) is 3.01. The van der Waals surface area contributed by atoms with Crippen molar-refractivity contribution in [3.05, 3.63) is 30.1 Å². The van der Waals surface area contributed by atoms with E-state index >= 15 is 0 Å². The van der Waals surface area contributed by atoms with E-state index in [9.17, 15) is 14.7 Å². The number of ether oxygens (including phenoxy) is 1.